The van der Waals surface area contributed by atoms with Crippen molar-refractivity contribution in [2.24, 2.45) is 4.99 Å². The summed E-state index contributed by atoms with van der Waals surface area (Å²) in [6.45, 7) is -1.40. The molecule has 13 heteroatoms. The van der Waals surface area contributed by atoms with Gasteiger partial charge in [-0.3, -0.25) is 4.79 Å². The number of aliphatic carboxylic acids is 1. The molecule has 2 aliphatic rings. The van der Waals surface area contributed by atoms with Crippen LogP contribution in [0.25, 0.3) is 0 Å². The number of carboxylic acid groups (broad SMARTS) is 1. The largest absolute Gasteiger partial charge is 0.480 e. The second kappa shape index (κ2) is 7.95. The number of hydrogen-bond donors (Lipinski definition) is 1. The Morgan fingerprint density at radius 2 is 1.93 bits per heavy atom. The van der Waals surface area contributed by atoms with Gasteiger partial charge in [-0.2, -0.15) is 18.2 Å². The Morgan fingerprint density at radius 1 is 1.24 bits per heavy atom. The molecule has 2 fully saturated rings. The molecular weight excluding hydrogens is 437 g/mol. The number of fused-ring (bicyclic) bond motifs is 1. The number of carbonyl (C=O) groups is 2. The van der Waals surface area contributed by atoms with Crippen molar-refractivity contribution in [3.8, 4) is 0 Å². The maximum Gasteiger partial charge on any atom is 0.418 e. The zero-order valence-corrected chi connectivity index (χ0v) is 16.3. The minimum absolute atomic E-state index is 0.0736. The molecule has 29 heavy (non-hydrogen) atoms. The minimum atomic E-state index is -4.70. The molecule has 0 spiro atoms. The molecule has 1 amide bonds. The predicted octanol–water partition coefficient (Wildman–Crippen LogP) is 1.41. The molecule has 1 aromatic carbocycles. The van der Waals surface area contributed by atoms with Crippen molar-refractivity contribution in [3.05, 3.63) is 29.8 Å². The van der Waals surface area contributed by atoms with Gasteiger partial charge >= 0.3 is 12.1 Å². The van der Waals surface area contributed by atoms with Crippen LogP contribution in [0.15, 0.2) is 29.3 Å². The van der Waals surface area contributed by atoms with E-state index in [4.69, 9.17) is 5.11 Å². The van der Waals surface area contributed by atoms with Crippen molar-refractivity contribution >= 4 is 44.3 Å². The molecule has 0 bridgehead atoms. The third kappa shape index (κ3) is 4.90. The predicted molar refractivity (Wildman–Crippen MR) is 98.6 cm³/mol. The van der Waals surface area contributed by atoms with Gasteiger partial charge < -0.3 is 14.7 Å². The molecule has 2 aliphatic heterocycles. The number of ether oxygens (including phenoxy) is 1. The van der Waals surface area contributed by atoms with E-state index in [2.05, 4.69) is 9.73 Å². The van der Waals surface area contributed by atoms with E-state index >= 15 is 0 Å². The van der Waals surface area contributed by atoms with Gasteiger partial charge in [-0.15, -0.1) is 0 Å². The van der Waals surface area contributed by atoms with Gasteiger partial charge in [-0.05, 0) is 12.1 Å². The van der Waals surface area contributed by atoms with Crippen LogP contribution in [0.3, 0.4) is 0 Å². The van der Waals surface area contributed by atoms with Gasteiger partial charge in [0.15, 0.2) is 15.0 Å². The number of hydrogen-bond acceptors (Lipinski definition) is 6. The Morgan fingerprint density at radius 3 is 2.59 bits per heavy atom. The van der Waals surface area contributed by atoms with Crippen LogP contribution in [-0.4, -0.2) is 66.6 Å². The summed E-state index contributed by atoms with van der Waals surface area (Å²) < 4.78 is 69.1. The second-order valence-corrected chi connectivity index (χ2v) is 9.72. The number of sulfone groups is 1. The normalized spacial score (nSPS) is 24.7. The second-order valence-electron chi connectivity index (χ2n) is 6.36. The highest BCUT2D eigenvalue weighted by atomic mass is 32.2. The van der Waals surface area contributed by atoms with E-state index in [-0.39, 0.29) is 22.4 Å². The Hall–Kier alpha value is -2.12. The molecule has 2 atom stereocenters. The number of thioether (sulfide) groups is 1. The molecule has 8 nitrogen and oxygen atoms in total. The smallest absolute Gasteiger partial charge is 0.418 e. The number of alkyl halides is 3. The summed E-state index contributed by atoms with van der Waals surface area (Å²) in [6, 6.07) is 3.84. The van der Waals surface area contributed by atoms with Crippen molar-refractivity contribution < 1.29 is 41.0 Å². The molecule has 1 aromatic rings. The number of benzene rings is 1. The molecule has 1 N–H and O–H groups in total. The lowest BCUT2D eigenvalue weighted by Crippen LogP contribution is -2.39. The van der Waals surface area contributed by atoms with E-state index in [0.29, 0.717) is 0 Å². The fourth-order valence-corrected chi connectivity index (χ4v) is 7.06. The van der Waals surface area contributed by atoms with Crippen LogP contribution >= 0.6 is 11.8 Å². The molecule has 0 saturated carbocycles. The zero-order chi connectivity index (χ0) is 21.4. The van der Waals surface area contributed by atoms with Crippen molar-refractivity contribution in [2.75, 3.05) is 29.6 Å². The van der Waals surface area contributed by atoms with Crippen LogP contribution in [0.1, 0.15) is 5.56 Å². The Bertz CT molecular complexity index is 964. The third-order valence-corrected chi connectivity index (χ3v) is 7.42. The number of halogens is 3. The number of para-hydroxylation sites is 1. The highest BCUT2D eigenvalue weighted by molar-refractivity contribution is 8.16. The van der Waals surface area contributed by atoms with E-state index < -0.39 is 58.0 Å². The summed E-state index contributed by atoms with van der Waals surface area (Å²) in [5.41, 5.74) is -1.28. The molecule has 0 aromatic heterocycles. The number of amidine groups is 1. The molecule has 3 rings (SSSR count). The number of amides is 1. The van der Waals surface area contributed by atoms with E-state index in [1.54, 1.807) is 0 Å². The topological polar surface area (TPSA) is 113 Å². The van der Waals surface area contributed by atoms with Crippen molar-refractivity contribution in [1.82, 2.24) is 0 Å². The third-order valence-electron chi connectivity index (χ3n) is 4.21. The summed E-state index contributed by atoms with van der Waals surface area (Å²) in [5, 5.41) is 7.87. The van der Waals surface area contributed by atoms with Gasteiger partial charge in [0.25, 0.3) is 5.91 Å². The standard InChI is InChI=1S/C16H15F3N2O6S2/c17-16(18,19)9-3-1-2-4-10(9)21-11-7-29(25,26)8-12(11)28-15(21)20-13(22)5-27-6-14(23)24/h1-4,11-12H,5-8H2,(H,23,24). The average molecular weight is 452 g/mol. The molecule has 2 heterocycles. The quantitative estimate of drug-likeness (QED) is 0.714. The number of anilines is 1. The maximum atomic E-state index is 13.5. The van der Waals surface area contributed by atoms with Crippen LogP contribution in [0, 0.1) is 0 Å². The minimum Gasteiger partial charge on any atom is -0.480 e. The maximum absolute atomic E-state index is 13.5. The molecule has 0 aliphatic carbocycles. The first kappa shape index (κ1) is 21.6. The lowest BCUT2D eigenvalue weighted by Gasteiger charge is -2.27. The van der Waals surface area contributed by atoms with Gasteiger partial charge in [0.1, 0.15) is 13.2 Å². The number of rotatable bonds is 5. The van der Waals surface area contributed by atoms with Gasteiger partial charge in [0, 0.05) is 5.25 Å². The Balaban J connectivity index is 1.97. The average Bonchev–Trinajstić information content (AvgIpc) is 3.04. The summed E-state index contributed by atoms with van der Waals surface area (Å²) in [7, 11) is -3.44. The Kier molecular flexibility index (Phi) is 5.92. The first-order valence-electron chi connectivity index (χ1n) is 8.21. The first-order valence-corrected chi connectivity index (χ1v) is 10.9. The van der Waals surface area contributed by atoms with E-state index in [0.717, 1.165) is 22.7 Å². The highest BCUT2D eigenvalue weighted by Gasteiger charge is 2.51. The van der Waals surface area contributed by atoms with Gasteiger partial charge in [0.2, 0.25) is 0 Å². The van der Waals surface area contributed by atoms with Crippen molar-refractivity contribution in [1.29, 1.82) is 0 Å². The number of nitrogens with zero attached hydrogens (tertiary/aromatic N) is 2. The van der Waals surface area contributed by atoms with Crippen LogP contribution < -0.4 is 4.90 Å². The molecular formula is C16H15F3N2O6S2. The summed E-state index contributed by atoms with van der Waals surface area (Å²) in [4.78, 5) is 27.3. The first-order chi connectivity index (χ1) is 13.5. The fourth-order valence-electron chi connectivity index (χ4n) is 3.13. The number of carbonyl (C=O) groups excluding carboxylic acids is 1. The van der Waals surface area contributed by atoms with Gasteiger partial charge in [0.05, 0.1) is 28.8 Å². The van der Waals surface area contributed by atoms with Crippen LogP contribution in [0.4, 0.5) is 18.9 Å². The number of aliphatic imine (C=N–C) groups is 1. The van der Waals surface area contributed by atoms with E-state index in [9.17, 15) is 31.2 Å². The summed E-state index contributed by atoms with van der Waals surface area (Å²) in [6.07, 6.45) is -4.70. The van der Waals surface area contributed by atoms with E-state index in [1.165, 1.54) is 18.2 Å². The molecule has 0 radical (unpaired) electrons. The molecule has 2 saturated heterocycles. The van der Waals surface area contributed by atoms with Crippen molar-refractivity contribution in [3.63, 3.8) is 0 Å². The van der Waals surface area contributed by atoms with Gasteiger partial charge in [-0.25, -0.2) is 13.2 Å². The van der Waals surface area contributed by atoms with Crippen molar-refractivity contribution in [2.45, 2.75) is 17.5 Å². The lowest BCUT2D eigenvalue weighted by molar-refractivity contribution is -0.143. The molecule has 158 valence electrons. The Labute approximate surface area is 167 Å². The SMILES string of the molecule is O=C(O)COCC(=O)N=C1SC2CS(=O)(=O)CC2N1c1ccccc1C(F)(F)F. The summed E-state index contributed by atoms with van der Waals surface area (Å²) >= 11 is 0.911. The van der Waals surface area contributed by atoms with Crippen LogP contribution in [0.2, 0.25) is 0 Å². The van der Waals surface area contributed by atoms with Gasteiger partial charge in [-0.1, -0.05) is 23.9 Å². The lowest BCUT2D eigenvalue weighted by atomic mass is 10.1. The number of carboxylic acids is 1. The van der Waals surface area contributed by atoms with Crippen LogP contribution in [0.5, 0.6) is 0 Å². The molecule has 2 unspecified atom stereocenters. The zero-order valence-electron chi connectivity index (χ0n) is 14.6. The fraction of sp³-hybridized carbons (Fsp3) is 0.438. The monoisotopic (exact) mass is 452 g/mol. The highest BCUT2D eigenvalue weighted by Crippen LogP contribution is 2.45. The van der Waals surface area contributed by atoms with E-state index in [1.807, 2.05) is 0 Å². The van der Waals surface area contributed by atoms with Crippen LogP contribution in [-0.2, 0) is 30.3 Å². The summed E-state index contributed by atoms with van der Waals surface area (Å²) in [5.74, 6) is -2.78.